The summed E-state index contributed by atoms with van der Waals surface area (Å²) in [5, 5.41) is 0. The Morgan fingerprint density at radius 3 is 2.68 bits per heavy atom. The Morgan fingerprint density at radius 2 is 1.86 bits per heavy atom. The molecule has 4 aliphatic rings. The molecule has 3 unspecified atom stereocenters. The van der Waals surface area contributed by atoms with Crippen LogP contribution < -0.4 is 0 Å². The van der Waals surface area contributed by atoms with Crippen LogP contribution in [0.1, 0.15) is 78.1 Å². The molecule has 0 aromatic carbocycles. The molecular formula is C21H34O. The summed E-state index contributed by atoms with van der Waals surface area (Å²) in [6.45, 7) is 5.23. The molecule has 0 radical (unpaired) electrons. The summed E-state index contributed by atoms with van der Waals surface area (Å²) < 4.78 is 5.68. The first-order valence-corrected chi connectivity index (χ1v) is 9.79. The molecule has 3 saturated carbocycles. The molecule has 4 aliphatic carbocycles. The molecule has 0 heterocycles. The number of rotatable bonds is 1. The highest BCUT2D eigenvalue weighted by molar-refractivity contribution is 5.25. The highest BCUT2D eigenvalue weighted by atomic mass is 16.5. The van der Waals surface area contributed by atoms with Crippen molar-refractivity contribution in [3.8, 4) is 0 Å². The van der Waals surface area contributed by atoms with Crippen LogP contribution >= 0.6 is 0 Å². The van der Waals surface area contributed by atoms with Gasteiger partial charge < -0.3 is 4.74 Å². The quantitative estimate of drug-likeness (QED) is 0.561. The van der Waals surface area contributed by atoms with Gasteiger partial charge in [-0.15, -0.1) is 0 Å². The maximum absolute atomic E-state index is 5.68. The molecule has 3 fully saturated rings. The second kappa shape index (κ2) is 5.36. The van der Waals surface area contributed by atoms with E-state index in [0.717, 1.165) is 17.8 Å². The molecule has 0 amide bonds. The van der Waals surface area contributed by atoms with E-state index in [0.29, 0.717) is 16.9 Å². The molecule has 0 saturated heterocycles. The second-order valence-corrected chi connectivity index (χ2v) is 9.30. The first kappa shape index (κ1) is 15.2. The van der Waals surface area contributed by atoms with E-state index in [-0.39, 0.29) is 0 Å². The largest absolute Gasteiger partial charge is 0.381 e. The van der Waals surface area contributed by atoms with Gasteiger partial charge in [0, 0.05) is 7.11 Å². The van der Waals surface area contributed by atoms with E-state index in [2.05, 4.69) is 19.9 Å². The smallest absolute Gasteiger partial charge is 0.0608 e. The minimum Gasteiger partial charge on any atom is -0.381 e. The minimum absolute atomic E-state index is 0.486. The maximum Gasteiger partial charge on any atom is 0.0608 e. The van der Waals surface area contributed by atoms with Crippen LogP contribution in [0.4, 0.5) is 0 Å². The van der Waals surface area contributed by atoms with E-state index in [1.54, 1.807) is 5.57 Å². The van der Waals surface area contributed by atoms with Crippen molar-refractivity contribution in [3.63, 3.8) is 0 Å². The van der Waals surface area contributed by atoms with E-state index >= 15 is 0 Å². The summed E-state index contributed by atoms with van der Waals surface area (Å²) in [4.78, 5) is 0. The lowest BCUT2D eigenvalue weighted by Gasteiger charge is -2.60. The van der Waals surface area contributed by atoms with E-state index in [1.807, 2.05) is 7.11 Å². The van der Waals surface area contributed by atoms with Gasteiger partial charge in [-0.3, -0.25) is 0 Å². The van der Waals surface area contributed by atoms with E-state index < -0.39 is 0 Å². The molecule has 6 atom stereocenters. The number of hydrogen-bond acceptors (Lipinski definition) is 1. The molecule has 124 valence electrons. The molecule has 22 heavy (non-hydrogen) atoms. The van der Waals surface area contributed by atoms with Gasteiger partial charge in [0.1, 0.15) is 0 Å². The Kier molecular flexibility index (Phi) is 3.72. The van der Waals surface area contributed by atoms with Crippen LogP contribution in [0, 0.1) is 28.6 Å². The van der Waals surface area contributed by atoms with Gasteiger partial charge in [0.15, 0.2) is 0 Å². The van der Waals surface area contributed by atoms with Crippen LogP contribution in [0.2, 0.25) is 0 Å². The molecule has 0 bridgehead atoms. The van der Waals surface area contributed by atoms with Crippen LogP contribution in [-0.2, 0) is 4.74 Å². The summed E-state index contributed by atoms with van der Waals surface area (Å²) in [6, 6.07) is 0. The first-order chi connectivity index (χ1) is 10.6. The average molecular weight is 303 g/mol. The molecule has 4 rings (SSSR count). The summed E-state index contributed by atoms with van der Waals surface area (Å²) in [7, 11) is 1.90. The van der Waals surface area contributed by atoms with Crippen LogP contribution in [0.3, 0.4) is 0 Å². The van der Waals surface area contributed by atoms with E-state index in [4.69, 9.17) is 4.74 Å². The van der Waals surface area contributed by atoms with E-state index in [1.165, 1.54) is 64.2 Å². The van der Waals surface area contributed by atoms with Crippen LogP contribution in [0.5, 0.6) is 0 Å². The Balaban J connectivity index is 1.63. The lowest BCUT2D eigenvalue weighted by Crippen LogP contribution is -2.51. The third kappa shape index (κ3) is 2.14. The molecule has 0 aliphatic heterocycles. The van der Waals surface area contributed by atoms with Crippen LogP contribution in [-0.4, -0.2) is 13.2 Å². The van der Waals surface area contributed by atoms with Crippen molar-refractivity contribution in [2.24, 2.45) is 28.6 Å². The standard InChI is InChI=1S/C21H34O/c1-20-11-5-4-6-18(20)17-8-7-15-14-16(22-3)9-13-21(15,2)19(17)10-12-20/h7,16-19H,4-6,8-14H2,1-3H3/t16-,17?,18?,19?,20-,21-/m0/s1. The molecule has 0 aromatic rings. The van der Waals surface area contributed by atoms with Gasteiger partial charge in [-0.1, -0.05) is 38.3 Å². The van der Waals surface area contributed by atoms with Crippen molar-refractivity contribution in [1.29, 1.82) is 0 Å². The fourth-order valence-corrected chi connectivity index (χ4v) is 6.99. The Labute approximate surface area is 136 Å². The van der Waals surface area contributed by atoms with Crippen molar-refractivity contribution >= 4 is 0 Å². The van der Waals surface area contributed by atoms with Gasteiger partial charge in [-0.2, -0.15) is 0 Å². The first-order valence-electron chi connectivity index (χ1n) is 9.79. The van der Waals surface area contributed by atoms with Crippen LogP contribution in [0.15, 0.2) is 11.6 Å². The van der Waals surface area contributed by atoms with Crippen LogP contribution in [0.25, 0.3) is 0 Å². The summed E-state index contributed by atoms with van der Waals surface area (Å²) in [5.41, 5.74) is 2.92. The number of ether oxygens (including phenoxy) is 1. The fraction of sp³-hybridized carbons (Fsp3) is 0.905. The normalized spacial score (nSPS) is 51.3. The Morgan fingerprint density at radius 1 is 1.00 bits per heavy atom. The van der Waals surface area contributed by atoms with Crippen molar-refractivity contribution in [2.45, 2.75) is 84.2 Å². The average Bonchev–Trinajstić information content (AvgIpc) is 2.53. The van der Waals surface area contributed by atoms with Crippen molar-refractivity contribution < 1.29 is 4.74 Å². The zero-order chi connectivity index (χ0) is 15.4. The topological polar surface area (TPSA) is 9.23 Å². The van der Waals surface area contributed by atoms with Gasteiger partial charge >= 0.3 is 0 Å². The van der Waals surface area contributed by atoms with Gasteiger partial charge in [0.2, 0.25) is 0 Å². The van der Waals surface area contributed by atoms with Crippen molar-refractivity contribution in [3.05, 3.63) is 11.6 Å². The number of allylic oxidation sites excluding steroid dienone is 1. The predicted octanol–water partition coefficient (Wildman–Crippen LogP) is 5.74. The zero-order valence-electron chi connectivity index (χ0n) is 14.9. The minimum atomic E-state index is 0.486. The summed E-state index contributed by atoms with van der Waals surface area (Å²) in [6.07, 6.45) is 17.3. The molecule has 1 nitrogen and oxygen atoms in total. The molecule has 1 heteroatoms. The highest BCUT2D eigenvalue weighted by Gasteiger charge is 2.54. The van der Waals surface area contributed by atoms with Gasteiger partial charge in [0.05, 0.1) is 6.10 Å². The number of fused-ring (bicyclic) bond motifs is 5. The third-order valence-corrected chi connectivity index (χ3v) is 8.42. The predicted molar refractivity (Wildman–Crippen MR) is 91.7 cm³/mol. The van der Waals surface area contributed by atoms with Gasteiger partial charge in [-0.05, 0) is 80.0 Å². The fourth-order valence-electron chi connectivity index (χ4n) is 6.99. The molecule has 0 spiro atoms. The Bertz CT molecular complexity index is 467. The number of methoxy groups -OCH3 is 1. The third-order valence-electron chi connectivity index (χ3n) is 8.42. The monoisotopic (exact) mass is 302 g/mol. The molecule has 0 N–H and O–H groups in total. The summed E-state index contributed by atoms with van der Waals surface area (Å²) in [5.74, 6) is 2.95. The van der Waals surface area contributed by atoms with E-state index in [9.17, 15) is 0 Å². The SMILES string of the molecule is CO[C@H]1CC[C@@]2(C)C(=CCC3C4CCCC[C@@]4(C)CCC32)C1. The number of hydrogen-bond donors (Lipinski definition) is 0. The lowest BCUT2D eigenvalue weighted by atomic mass is 9.45. The van der Waals surface area contributed by atoms with Gasteiger partial charge in [0.25, 0.3) is 0 Å². The maximum atomic E-state index is 5.68. The lowest BCUT2D eigenvalue weighted by molar-refractivity contribution is -0.0713. The van der Waals surface area contributed by atoms with Gasteiger partial charge in [-0.25, -0.2) is 0 Å². The molecule has 0 aromatic heterocycles. The zero-order valence-corrected chi connectivity index (χ0v) is 14.9. The molecular weight excluding hydrogens is 268 g/mol. The van der Waals surface area contributed by atoms with Crippen molar-refractivity contribution in [1.82, 2.24) is 0 Å². The van der Waals surface area contributed by atoms with Crippen molar-refractivity contribution in [2.75, 3.05) is 7.11 Å². The highest BCUT2D eigenvalue weighted by Crippen LogP contribution is 2.63. The second-order valence-electron chi connectivity index (χ2n) is 9.30. The summed E-state index contributed by atoms with van der Waals surface area (Å²) >= 11 is 0. The Hall–Kier alpha value is -0.300.